The number of carbonyl (C=O) groups is 1. The van der Waals surface area contributed by atoms with Gasteiger partial charge < -0.3 is 5.32 Å². The summed E-state index contributed by atoms with van der Waals surface area (Å²) in [6, 6.07) is 3.68. The molecule has 86 valence electrons. The van der Waals surface area contributed by atoms with Crippen LogP contribution < -0.4 is 5.32 Å². The van der Waals surface area contributed by atoms with Gasteiger partial charge in [-0.2, -0.15) is 0 Å². The predicted molar refractivity (Wildman–Crippen MR) is 67.1 cm³/mol. The zero-order chi connectivity index (χ0) is 11.4. The van der Waals surface area contributed by atoms with Crippen LogP contribution in [0.5, 0.6) is 0 Å². The summed E-state index contributed by atoms with van der Waals surface area (Å²) in [7, 11) is 0. The van der Waals surface area contributed by atoms with Gasteiger partial charge in [0.2, 0.25) is 5.91 Å². The zero-order valence-electron chi connectivity index (χ0n) is 9.08. The van der Waals surface area contributed by atoms with E-state index in [0.717, 1.165) is 10.3 Å². The minimum atomic E-state index is 0.107. The molecule has 4 heteroatoms. The topological polar surface area (TPSA) is 42.0 Å². The minimum Gasteiger partial charge on any atom is -0.325 e. The summed E-state index contributed by atoms with van der Waals surface area (Å²) in [5.41, 5.74) is 0.770. The van der Waals surface area contributed by atoms with Crippen molar-refractivity contribution in [2.45, 2.75) is 32.1 Å². The molecule has 1 aliphatic carbocycles. The van der Waals surface area contributed by atoms with E-state index in [0.29, 0.717) is 12.3 Å². The molecule has 16 heavy (non-hydrogen) atoms. The Morgan fingerprint density at radius 1 is 1.44 bits per heavy atom. The molecule has 0 aromatic carbocycles. The number of nitrogens with one attached hydrogen (secondary N) is 1. The Morgan fingerprint density at radius 3 is 2.81 bits per heavy atom. The molecule has 0 aliphatic heterocycles. The van der Waals surface area contributed by atoms with Gasteiger partial charge in [-0.05, 0) is 46.8 Å². The molecule has 0 unspecified atom stereocenters. The molecule has 2 rings (SSSR count). The van der Waals surface area contributed by atoms with Gasteiger partial charge in [0.1, 0.15) is 4.60 Å². The first-order chi connectivity index (χ1) is 7.74. The number of aromatic nitrogens is 1. The van der Waals surface area contributed by atoms with E-state index >= 15 is 0 Å². The van der Waals surface area contributed by atoms with Crippen molar-refractivity contribution in [2.24, 2.45) is 5.92 Å². The maximum Gasteiger partial charge on any atom is 0.224 e. The lowest BCUT2D eigenvalue weighted by molar-refractivity contribution is -0.117. The number of halogens is 1. The second kappa shape index (κ2) is 5.43. The van der Waals surface area contributed by atoms with E-state index in [9.17, 15) is 4.79 Å². The largest absolute Gasteiger partial charge is 0.325 e. The highest BCUT2D eigenvalue weighted by molar-refractivity contribution is 9.10. The number of hydrogen-bond acceptors (Lipinski definition) is 2. The van der Waals surface area contributed by atoms with E-state index in [1.165, 1.54) is 25.7 Å². The number of pyridine rings is 1. The van der Waals surface area contributed by atoms with Crippen molar-refractivity contribution in [3.8, 4) is 0 Å². The highest BCUT2D eigenvalue weighted by Crippen LogP contribution is 2.27. The average molecular weight is 283 g/mol. The number of nitrogens with zero attached hydrogens (tertiary/aromatic N) is 1. The summed E-state index contributed by atoms with van der Waals surface area (Å²) in [5.74, 6) is 0.694. The molecule has 0 saturated heterocycles. The van der Waals surface area contributed by atoms with Crippen LogP contribution in [-0.2, 0) is 4.79 Å². The number of amides is 1. The molecule has 1 aliphatic rings. The third-order valence-electron chi connectivity index (χ3n) is 2.96. The van der Waals surface area contributed by atoms with Crippen molar-refractivity contribution >= 4 is 27.5 Å². The second-order valence-electron chi connectivity index (χ2n) is 4.27. The molecule has 0 radical (unpaired) electrons. The fraction of sp³-hybridized carbons (Fsp3) is 0.500. The van der Waals surface area contributed by atoms with Crippen molar-refractivity contribution in [1.82, 2.24) is 4.98 Å². The van der Waals surface area contributed by atoms with E-state index < -0.39 is 0 Å². The highest BCUT2D eigenvalue weighted by Gasteiger charge is 2.18. The zero-order valence-corrected chi connectivity index (χ0v) is 10.7. The summed E-state index contributed by atoms with van der Waals surface area (Å²) in [5, 5.41) is 2.87. The van der Waals surface area contributed by atoms with E-state index in [-0.39, 0.29) is 5.91 Å². The van der Waals surface area contributed by atoms with Crippen LogP contribution >= 0.6 is 15.9 Å². The summed E-state index contributed by atoms with van der Waals surface area (Å²) in [6.07, 6.45) is 7.26. The molecule has 1 fully saturated rings. The van der Waals surface area contributed by atoms with Crippen LogP contribution in [0.3, 0.4) is 0 Å². The Balaban J connectivity index is 1.84. The summed E-state index contributed by atoms with van der Waals surface area (Å²) < 4.78 is 0.779. The minimum absolute atomic E-state index is 0.107. The molecule has 1 N–H and O–H groups in total. The molecule has 0 spiro atoms. The van der Waals surface area contributed by atoms with Crippen LogP contribution in [0.25, 0.3) is 0 Å². The highest BCUT2D eigenvalue weighted by atomic mass is 79.9. The monoisotopic (exact) mass is 282 g/mol. The lowest BCUT2D eigenvalue weighted by Gasteiger charge is -2.09. The SMILES string of the molecule is O=C(CC1CCCC1)Nc1ccc(Br)nc1. The van der Waals surface area contributed by atoms with Gasteiger partial charge >= 0.3 is 0 Å². The summed E-state index contributed by atoms with van der Waals surface area (Å²) in [6.45, 7) is 0. The van der Waals surface area contributed by atoms with Crippen LogP contribution in [0, 0.1) is 5.92 Å². The van der Waals surface area contributed by atoms with Crippen molar-refractivity contribution in [1.29, 1.82) is 0 Å². The first-order valence-electron chi connectivity index (χ1n) is 5.65. The lowest BCUT2D eigenvalue weighted by atomic mass is 10.0. The Morgan fingerprint density at radius 2 is 2.19 bits per heavy atom. The van der Waals surface area contributed by atoms with Gasteiger partial charge in [0.25, 0.3) is 0 Å². The molecule has 0 atom stereocenters. The van der Waals surface area contributed by atoms with Crippen molar-refractivity contribution in [2.75, 3.05) is 5.32 Å². The number of anilines is 1. The standard InChI is InChI=1S/C12H15BrN2O/c13-11-6-5-10(8-14-11)15-12(16)7-9-3-1-2-4-9/h5-6,8-9H,1-4,7H2,(H,15,16). The first-order valence-corrected chi connectivity index (χ1v) is 6.45. The number of rotatable bonds is 3. The Hall–Kier alpha value is -0.900. The molecule has 1 heterocycles. The molecular formula is C12H15BrN2O. The van der Waals surface area contributed by atoms with Gasteiger partial charge in [0.15, 0.2) is 0 Å². The molecule has 3 nitrogen and oxygen atoms in total. The van der Waals surface area contributed by atoms with Gasteiger partial charge in [0, 0.05) is 6.42 Å². The third kappa shape index (κ3) is 3.30. The Kier molecular flexibility index (Phi) is 3.93. The maximum atomic E-state index is 11.7. The maximum absolute atomic E-state index is 11.7. The summed E-state index contributed by atoms with van der Waals surface area (Å²) in [4.78, 5) is 15.8. The Labute approximate surface area is 104 Å². The summed E-state index contributed by atoms with van der Waals surface area (Å²) >= 11 is 3.26. The molecule has 1 aromatic heterocycles. The van der Waals surface area contributed by atoms with Gasteiger partial charge in [-0.1, -0.05) is 12.8 Å². The van der Waals surface area contributed by atoms with Crippen LogP contribution in [0.4, 0.5) is 5.69 Å². The van der Waals surface area contributed by atoms with Crippen LogP contribution in [0.2, 0.25) is 0 Å². The quantitative estimate of drug-likeness (QED) is 0.864. The fourth-order valence-corrected chi connectivity index (χ4v) is 2.37. The normalized spacial score (nSPS) is 16.3. The molecule has 1 aromatic rings. The molecule has 0 bridgehead atoms. The first kappa shape index (κ1) is 11.6. The smallest absolute Gasteiger partial charge is 0.224 e. The van der Waals surface area contributed by atoms with Crippen molar-refractivity contribution in [3.63, 3.8) is 0 Å². The van der Waals surface area contributed by atoms with Gasteiger partial charge in [-0.25, -0.2) is 4.98 Å². The number of carbonyl (C=O) groups excluding carboxylic acids is 1. The van der Waals surface area contributed by atoms with E-state index in [1.807, 2.05) is 12.1 Å². The van der Waals surface area contributed by atoms with Crippen LogP contribution in [0.15, 0.2) is 22.9 Å². The fourth-order valence-electron chi connectivity index (χ4n) is 2.14. The van der Waals surface area contributed by atoms with Gasteiger partial charge in [-0.3, -0.25) is 4.79 Å². The molecule has 1 amide bonds. The molecule has 1 saturated carbocycles. The molecular weight excluding hydrogens is 268 g/mol. The Bertz CT molecular complexity index is 358. The average Bonchev–Trinajstić information content (AvgIpc) is 2.74. The number of hydrogen-bond donors (Lipinski definition) is 1. The van der Waals surface area contributed by atoms with Crippen molar-refractivity contribution < 1.29 is 4.79 Å². The van der Waals surface area contributed by atoms with Crippen molar-refractivity contribution in [3.05, 3.63) is 22.9 Å². The van der Waals surface area contributed by atoms with Gasteiger partial charge in [-0.15, -0.1) is 0 Å². The third-order valence-corrected chi connectivity index (χ3v) is 3.43. The van der Waals surface area contributed by atoms with E-state index in [1.54, 1.807) is 6.20 Å². The van der Waals surface area contributed by atoms with Crippen LogP contribution in [0.1, 0.15) is 32.1 Å². The lowest BCUT2D eigenvalue weighted by Crippen LogP contribution is -2.15. The van der Waals surface area contributed by atoms with E-state index in [2.05, 4.69) is 26.2 Å². The second-order valence-corrected chi connectivity index (χ2v) is 5.08. The van der Waals surface area contributed by atoms with Crippen LogP contribution in [-0.4, -0.2) is 10.9 Å². The van der Waals surface area contributed by atoms with E-state index in [4.69, 9.17) is 0 Å². The predicted octanol–water partition coefficient (Wildman–Crippen LogP) is 3.36. The van der Waals surface area contributed by atoms with Gasteiger partial charge in [0.05, 0.1) is 11.9 Å².